The number of amides is 3. The summed E-state index contributed by atoms with van der Waals surface area (Å²) in [6.45, 7) is 0.537. The summed E-state index contributed by atoms with van der Waals surface area (Å²) >= 11 is 6.95. The van der Waals surface area contributed by atoms with Crippen molar-refractivity contribution in [1.82, 2.24) is 15.1 Å². The number of carbonyl (C=O) groups excluding carboxylic acids is 3. The largest absolute Gasteiger partial charge is 0.353 e. The number of nitrogens with one attached hydrogen (secondary N) is 1. The molecule has 162 valence electrons. The first-order valence-corrected chi connectivity index (χ1v) is 10.7. The first kappa shape index (κ1) is 23.0. The molecule has 1 aliphatic rings. The van der Waals surface area contributed by atoms with Crippen molar-refractivity contribution in [2.45, 2.75) is 6.54 Å². The van der Waals surface area contributed by atoms with Gasteiger partial charge in [-0.3, -0.25) is 24.2 Å². The smallest absolute Gasteiger partial charge is 0.293 e. The molecular weight excluding hydrogens is 441 g/mol. The molecule has 3 rings (SSSR count). The Morgan fingerprint density at radius 1 is 1.19 bits per heavy atom. The molecule has 31 heavy (non-hydrogen) atoms. The molecule has 1 heterocycles. The fraction of sp³-hybridized carbons (Fsp3) is 0.227. The van der Waals surface area contributed by atoms with Gasteiger partial charge in [-0.05, 0) is 42.6 Å². The van der Waals surface area contributed by atoms with E-state index in [-0.39, 0.29) is 42.8 Å². The Balaban J connectivity index is 1.48. The predicted octanol–water partition coefficient (Wildman–Crippen LogP) is 3.76. The number of benzene rings is 2. The van der Waals surface area contributed by atoms with Crippen LogP contribution in [0, 0.1) is 5.82 Å². The summed E-state index contributed by atoms with van der Waals surface area (Å²) in [6.07, 6.45) is 1.59. The predicted molar refractivity (Wildman–Crippen MR) is 120 cm³/mol. The lowest BCUT2D eigenvalue weighted by molar-refractivity contribution is -0.124. The monoisotopic (exact) mass is 461 g/mol. The summed E-state index contributed by atoms with van der Waals surface area (Å²) < 4.78 is 13.7. The molecule has 0 aliphatic carbocycles. The van der Waals surface area contributed by atoms with Gasteiger partial charge in [0.1, 0.15) is 5.82 Å². The van der Waals surface area contributed by atoms with Crippen LogP contribution in [-0.2, 0) is 16.1 Å². The second-order valence-electron chi connectivity index (χ2n) is 6.97. The van der Waals surface area contributed by atoms with Crippen LogP contribution in [0.5, 0.6) is 0 Å². The number of likely N-dealkylation sites (N-methyl/N-ethyl adjacent to an activating group) is 1. The van der Waals surface area contributed by atoms with Crippen molar-refractivity contribution in [2.75, 3.05) is 26.7 Å². The molecule has 3 amide bonds. The highest BCUT2D eigenvalue weighted by atomic mass is 35.5. The summed E-state index contributed by atoms with van der Waals surface area (Å²) in [7, 11) is 1.71. The minimum Gasteiger partial charge on any atom is -0.353 e. The zero-order valence-electron chi connectivity index (χ0n) is 16.8. The molecule has 1 saturated heterocycles. The van der Waals surface area contributed by atoms with Crippen molar-refractivity contribution in [3.8, 4) is 0 Å². The molecule has 1 fully saturated rings. The molecule has 0 atom stereocenters. The maximum absolute atomic E-state index is 13.7. The van der Waals surface area contributed by atoms with Crippen molar-refractivity contribution in [1.29, 1.82) is 0 Å². The van der Waals surface area contributed by atoms with E-state index in [1.807, 2.05) is 0 Å². The Bertz CT molecular complexity index is 1030. The van der Waals surface area contributed by atoms with E-state index in [2.05, 4.69) is 5.32 Å². The highest BCUT2D eigenvalue weighted by Gasteiger charge is 2.34. The molecule has 2 aromatic carbocycles. The molecule has 0 aromatic heterocycles. The maximum atomic E-state index is 13.7. The number of rotatable bonds is 8. The number of hydrogen-bond donors (Lipinski definition) is 1. The molecule has 1 N–H and O–H groups in total. The van der Waals surface area contributed by atoms with Crippen molar-refractivity contribution in [2.24, 2.45) is 0 Å². The van der Waals surface area contributed by atoms with E-state index in [1.165, 1.54) is 6.07 Å². The molecule has 0 bridgehead atoms. The van der Waals surface area contributed by atoms with Crippen LogP contribution in [0.25, 0.3) is 6.08 Å². The second-order valence-corrected chi connectivity index (χ2v) is 8.37. The highest BCUT2D eigenvalue weighted by Crippen LogP contribution is 2.33. The van der Waals surface area contributed by atoms with Gasteiger partial charge in [0.05, 0.1) is 11.4 Å². The lowest BCUT2D eigenvalue weighted by Crippen LogP contribution is -2.40. The average Bonchev–Trinajstić information content (AvgIpc) is 2.98. The number of thioether (sulfide) groups is 1. The van der Waals surface area contributed by atoms with E-state index >= 15 is 0 Å². The number of halogens is 2. The van der Waals surface area contributed by atoms with Gasteiger partial charge in [0.15, 0.2) is 0 Å². The van der Waals surface area contributed by atoms with Crippen LogP contribution >= 0.6 is 23.4 Å². The fourth-order valence-electron chi connectivity index (χ4n) is 3.01. The molecular formula is C22H21ClFN3O3S. The van der Waals surface area contributed by atoms with E-state index in [0.29, 0.717) is 16.1 Å². The van der Waals surface area contributed by atoms with Crippen LogP contribution in [0.15, 0.2) is 53.4 Å². The fourth-order valence-corrected chi connectivity index (χ4v) is 4.05. The van der Waals surface area contributed by atoms with E-state index in [4.69, 9.17) is 11.6 Å². The number of carbonyl (C=O) groups is 3. The van der Waals surface area contributed by atoms with Gasteiger partial charge in [-0.15, -0.1) is 0 Å². The average molecular weight is 462 g/mol. The standard InChI is InChI=1S/C22H21ClFN3O3S/c1-26(13-16-7-3-5-9-18(16)24)14-20(28)25-10-11-27-21(29)19(31-22(27)30)12-15-6-2-4-8-17(15)23/h2-9,12H,10-11,13-14H2,1H3,(H,25,28)/b19-12-. The van der Waals surface area contributed by atoms with Crippen LogP contribution in [0.2, 0.25) is 5.02 Å². The lowest BCUT2D eigenvalue weighted by Gasteiger charge is -2.17. The van der Waals surface area contributed by atoms with Crippen molar-refractivity contribution in [3.05, 3.63) is 75.4 Å². The summed E-state index contributed by atoms with van der Waals surface area (Å²) in [4.78, 5) is 39.9. The van der Waals surface area contributed by atoms with Gasteiger partial charge in [0.2, 0.25) is 5.91 Å². The van der Waals surface area contributed by atoms with E-state index in [9.17, 15) is 18.8 Å². The quantitative estimate of drug-likeness (QED) is 0.606. The summed E-state index contributed by atoms with van der Waals surface area (Å²) in [5.41, 5.74) is 1.15. The van der Waals surface area contributed by atoms with E-state index < -0.39 is 11.1 Å². The third kappa shape index (κ3) is 6.16. The van der Waals surface area contributed by atoms with Gasteiger partial charge < -0.3 is 5.32 Å². The first-order valence-electron chi connectivity index (χ1n) is 9.53. The Morgan fingerprint density at radius 2 is 1.90 bits per heavy atom. The van der Waals surface area contributed by atoms with Crippen LogP contribution in [-0.4, -0.2) is 53.5 Å². The minimum atomic E-state index is -0.416. The van der Waals surface area contributed by atoms with Crippen molar-refractivity contribution < 1.29 is 18.8 Å². The summed E-state index contributed by atoms with van der Waals surface area (Å²) in [5, 5.41) is 2.78. The second kappa shape index (κ2) is 10.6. The minimum absolute atomic E-state index is 0.0582. The van der Waals surface area contributed by atoms with Gasteiger partial charge in [0, 0.05) is 30.2 Å². The molecule has 6 nitrogen and oxygen atoms in total. The molecule has 0 radical (unpaired) electrons. The van der Waals surface area contributed by atoms with Gasteiger partial charge >= 0.3 is 0 Å². The van der Waals surface area contributed by atoms with Crippen molar-refractivity contribution >= 4 is 46.5 Å². The molecule has 0 spiro atoms. The summed E-state index contributed by atoms with van der Waals surface area (Å²) in [5.74, 6) is -1.02. The highest BCUT2D eigenvalue weighted by molar-refractivity contribution is 8.18. The number of hydrogen-bond acceptors (Lipinski definition) is 5. The van der Waals surface area contributed by atoms with E-state index in [1.54, 1.807) is 60.5 Å². The lowest BCUT2D eigenvalue weighted by atomic mass is 10.2. The van der Waals surface area contributed by atoms with Gasteiger partial charge in [-0.25, -0.2) is 4.39 Å². The Morgan fingerprint density at radius 3 is 2.65 bits per heavy atom. The van der Waals surface area contributed by atoms with Gasteiger partial charge in [-0.1, -0.05) is 48.0 Å². The Kier molecular flexibility index (Phi) is 7.84. The Labute approximate surface area is 189 Å². The first-order chi connectivity index (χ1) is 14.8. The van der Waals surface area contributed by atoms with Crippen molar-refractivity contribution in [3.63, 3.8) is 0 Å². The topological polar surface area (TPSA) is 69.7 Å². The van der Waals surface area contributed by atoms with E-state index in [0.717, 1.165) is 16.7 Å². The summed E-state index contributed by atoms with van der Waals surface area (Å²) in [6, 6.07) is 13.4. The van der Waals surface area contributed by atoms with Crippen LogP contribution in [0.1, 0.15) is 11.1 Å². The molecule has 0 unspecified atom stereocenters. The van der Waals surface area contributed by atoms with Crippen LogP contribution < -0.4 is 5.32 Å². The van der Waals surface area contributed by atoms with Gasteiger partial charge in [-0.2, -0.15) is 0 Å². The van der Waals surface area contributed by atoms with Crippen LogP contribution in [0.4, 0.5) is 9.18 Å². The number of nitrogens with zero attached hydrogens (tertiary/aromatic N) is 2. The zero-order valence-corrected chi connectivity index (χ0v) is 18.4. The third-order valence-electron chi connectivity index (χ3n) is 4.53. The maximum Gasteiger partial charge on any atom is 0.293 e. The molecule has 9 heteroatoms. The van der Waals surface area contributed by atoms with Gasteiger partial charge in [0.25, 0.3) is 11.1 Å². The normalized spacial score (nSPS) is 15.2. The Hall–Kier alpha value is -2.68. The SMILES string of the molecule is CN(CC(=O)NCCN1C(=O)S/C(=C\c2ccccc2Cl)C1=O)Cc1ccccc1F. The zero-order chi connectivity index (χ0) is 22.4. The number of imide groups is 1. The molecule has 1 aliphatic heterocycles. The van der Waals surface area contributed by atoms with Crippen LogP contribution in [0.3, 0.4) is 0 Å². The molecule has 2 aromatic rings. The molecule has 0 saturated carbocycles. The third-order valence-corrected chi connectivity index (χ3v) is 5.79.